The van der Waals surface area contributed by atoms with Crippen molar-refractivity contribution in [3.63, 3.8) is 0 Å². The molecule has 0 aliphatic heterocycles. The van der Waals surface area contributed by atoms with E-state index in [2.05, 4.69) is 55.2 Å². The number of hydrogen-bond acceptors (Lipinski definition) is 1. The van der Waals surface area contributed by atoms with E-state index >= 15 is 0 Å². The number of benzene rings is 1. The molecule has 1 saturated carbocycles. The highest BCUT2D eigenvalue weighted by Crippen LogP contribution is 2.27. The van der Waals surface area contributed by atoms with Gasteiger partial charge < -0.3 is 5.11 Å². The quantitative estimate of drug-likeness (QED) is 0.831. The molecule has 0 spiro atoms. The Morgan fingerprint density at radius 2 is 1.74 bits per heavy atom. The van der Waals surface area contributed by atoms with Gasteiger partial charge in [-0.05, 0) is 18.8 Å². The van der Waals surface area contributed by atoms with Crippen LogP contribution in [0.15, 0.2) is 42.1 Å². The van der Waals surface area contributed by atoms with Crippen LogP contribution in [0, 0.1) is 5.92 Å². The van der Waals surface area contributed by atoms with Crippen molar-refractivity contribution in [3.8, 4) is 0 Å². The van der Waals surface area contributed by atoms with Gasteiger partial charge >= 0.3 is 0 Å². The van der Waals surface area contributed by atoms with Gasteiger partial charge in [0, 0.05) is 0 Å². The van der Waals surface area contributed by atoms with Crippen LogP contribution in [-0.4, -0.2) is 19.3 Å². The lowest BCUT2D eigenvalue weighted by atomic mass is 9.85. The Hall–Kier alpha value is -0.863. The summed E-state index contributed by atoms with van der Waals surface area (Å²) in [5.41, 5.74) is 2.31. The van der Waals surface area contributed by atoms with Crippen molar-refractivity contribution >= 4 is 13.3 Å². The molecule has 104 valence electrons. The molecule has 1 aromatic carbocycles. The topological polar surface area (TPSA) is 20.2 Å². The zero-order valence-corrected chi connectivity index (χ0v) is 13.2. The molecule has 1 fully saturated rings. The molecule has 1 unspecified atom stereocenters. The Kier molecular flexibility index (Phi) is 5.00. The van der Waals surface area contributed by atoms with Crippen molar-refractivity contribution in [2.75, 3.05) is 0 Å². The van der Waals surface area contributed by atoms with Crippen molar-refractivity contribution in [2.24, 2.45) is 5.92 Å². The van der Waals surface area contributed by atoms with Gasteiger partial charge in [0.05, 0.1) is 6.10 Å². The first-order chi connectivity index (χ1) is 9.09. The third-order valence-electron chi connectivity index (χ3n) is 4.36. The molecule has 19 heavy (non-hydrogen) atoms. The third-order valence-corrected chi connectivity index (χ3v) is 7.21. The summed E-state index contributed by atoms with van der Waals surface area (Å²) in [4.78, 5) is 0. The van der Waals surface area contributed by atoms with Crippen molar-refractivity contribution in [1.29, 1.82) is 0 Å². The molecule has 0 amide bonds. The molecule has 0 heterocycles. The first-order valence-electron chi connectivity index (χ1n) is 7.52. The molecular formula is C17H26OSi. The largest absolute Gasteiger partial charge is 0.389 e. The average molecular weight is 274 g/mol. The highest BCUT2D eigenvalue weighted by Gasteiger charge is 2.23. The number of rotatable bonds is 4. The van der Waals surface area contributed by atoms with Crippen molar-refractivity contribution in [3.05, 3.63) is 42.1 Å². The Morgan fingerprint density at radius 3 is 2.37 bits per heavy atom. The molecule has 1 nitrogen and oxygen atoms in total. The summed E-state index contributed by atoms with van der Waals surface area (Å²) in [5, 5.41) is 11.8. The summed E-state index contributed by atoms with van der Waals surface area (Å²) in [7, 11) is -1.55. The molecule has 2 rings (SSSR count). The SMILES string of the molecule is C[Si](C)(/C=C/C(O)C1CCCCC1)c1ccccc1. The van der Waals surface area contributed by atoms with E-state index in [1.165, 1.54) is 37.3 Å². The van der Waals surface area contributed by atoms with Crippen molar-refractivity contribution < 1.29 is 5.11 Å². The summed E-state index contributed by atoms with van der Waals surface area (Å²) < 4.78 is 0. The van der Waals surface area contributed by atoms with Crippen LogP contribution in [0.5, 0.6) is 0 Å². The summed E-state index contributed by atoms with van der Waals surface area (Å²) in [6.07, 6.45) is 8.14. The van der Waals surface area contributed by atoms with Gasteiger partial charge in [-0.3, -0.25) is 0 Å². The van der Waals surface area contributed by atoms with Crippen LogP contribution in [-0.2, 0) is 0 Å². The van der Waals surface area contributed by atoms with Gasteiger partial charge in [0.1, 0.15) is 8.07 Å². The van der Waals surface area contributed by atoms with Crippen LogP contribution in [0.4, 0.5) is 0 Å². The van der Waals surface area contributed by atoms with Crippen molar-refractivity contribution in [1.82, 2.24) is 0 Å². The van der Waals surface area contributed by atoms with Crippen LogP contribution in [0.3, 0.4) is 0 Å². The van der Waals surface area contributed by atoms with Crippen LogP contribution in [0.2, 0.25) is 13.1 Å². The summed E-state index contributed by atoms with van der Waals surface area (Å²) >= 11 is 0. The average Bonchev–Trinajstić information content (AvgIpc) is 2.47. The Bertz CT molecular complexity index is 405. The molecule has 1 aromatic rings. The predicted octanol–water partition coefficient (Wildman–Crippen LogP) is 3.64. The molecule has 0 aromatic heterocycles. The first-order valence-corrected chi connectivity index (χ1v) is 10.6. The third kappa shape index (κ3) is 4.05. The Labute approximate surface area is 118 Å². The van der Waals surface area contributed by atoms with E-state index in [9.17, 15) is 5.11 Å². The van der Waals surface area contributed by atoms with E-state index in [4.69, 9.17) is 0 Å². The van der Waals surface area contributed by atoms with E-state index in [1.807, 2.05) is 0 Å². The predicted molar refractivity (Wildman–Crippen MR) is 85.3 cm³/mol. The molecule has 0 bridgehead atoms. The van der Waals surface area contributed by atoms with E-state index in [0.717, 1.165) is 0 Å². The lowest BCUT2D eigenvalue weighted by molar-refractivity contribution is 0.125. The zero-order valence-electron chi connectivity index (χ0n) is 12.2. The molecule has 1 aliphatic rings. The van der Waals surface area contributed by atoms with Crippen LogP contribution in [0.25, 0.3) is 0 Å². The molecular weight excluding hydrogens is 248 g/mol. The summed E-state index contributed by atoms with van der Waals surface area (Å²) in [6.45, 7) is 4.68. The van der Waals surface area contributed by atoms with Gasteiger partial charge in [-0.2, -0.15) is 0 Å². The standard InChI is InChI=1S/C17H26OSi/c1-19(2,16-11-7-4-8-12-16)14-13-17(18)15-9-5-3-6-10-15/h4,7-8,11-15,17-18H,3,5-6,9-10H2,1-2H3/b14-13+. The normalized spacial score (nSPS) is 19.7. The molecule has 1 atom stereocenters. The van der Waals surface area contributed by atoms with Crippen molar-refractivity contribution in [2.45, 2.75) is 51.3 Å². The lowest BCUT2D eigenvalue weighted by Gasteiger charge is -2.26. The van der Waals surface area contributed by atoms with Gasteiger partial charge in [0.2, 0.25) is 0 Å². The van der Waals surface area contributed by atoms with Gasteiger partial charge in [-0.1, -0.05) is 79.7 Å². The number of aliphatic hydroxyl groups is 1. The van der Waals surface area contributed by atoms with Gasteiger partial charge in [-0.25, -0.2) is 0 Å². The highest BCUT2D eigenvalue weighted by molar-refractivity contribution is 6.93. The molecule has 0 radical (unpaired) electrons. The molecule has 1 N–H and O–H groups in total. The van der Waals surface area contributed by atoms with Gasteiger partial charge in [0.15, 0.2) is 0 Å². The summed E-state index contributed by atoms with van der Waals surface area (Å²) in [6, 6.07) is 10.7. The fourth-order valence-electron chi connectivity index (χ4n) is 2.94. The van der Waals surface area contributed by atoms with E-state index in [1.54, 1.807) is 0 Å². The van der Waals surface area contributed by atoms with E-state index in [0.29, 0.717) is 5.92 Å². The minimum atomic E-state index is -1.55. The second-order valence-electron chi connectivity index (χ2n) is 6.34. The van der Waals surface area contributed by atoms with Crippen LogP contribution in [0.1, 0.15) is 32.1 Å². The van der Waals surface area contributed by atoms with Gasteiger partial charge in [-0.15, -0.1) is 0 Å². The Morgan fingerprint density at radius 1 is 1.11 bits per heavy atom. The molecule has 0 saturated heterocycles. The fraction of sp³-hybridized carbons (Fsp3) is 0.529. The molecule has 1 aliphatic carbocycles. The first kappa shape index (κ1) is 14.5. The number of hydrogen-bond donors (Lipinski definition) is 1. The Balaban J connectivity index is 2.00. The van der Waals surface area contributed by atoms with Crippen LogP contribution < -0.4 is 5.19 Å². The zero-order chi connectivity index (χ0) is 13.7. The maximum atomic E-state index is 10.3. The smallest absolute Gasteiger partial charge is 0.103 e. The highest BCUT2D eigenvalue weighted by atomic mass is 28.3. The van der Waals surface area contributed by atoms with Crippen LogP contribution >= 0.6 is 0 Å². The minimum absolute atomic E-state index is 0.240. The maximum absolute atomic E-state index is 10.3. The maximum Gasteiger partial charge on any atom is 0.103 e. The van der Waals surface area contributed by atoms with E-state index < -0.39 is 8.07 Å². The minimum Gasteiger partial charge on any atom is -0.389 e. The molecule has 2 heteroatoms. The summed E-state index contributed by atoms with van der Waals surface area (Å²) in [5.74, 6) is 0.491. The second kappa shape index (κ2) is 6.53. The fourth-order valence-corrected chi connectivity index (χ4v) is 4.86. The lowest BCUT2D eigenvalue weighted by Crippen LogP contribution is -2.39. The van der Waals surface area contributed by atoms with E-state index in [-0.39, 0.29) is 6.10 Å². The second-order valence-corrected chi connectivity index (χ2v) is 10.7. The van der Waals surface area contributed by atoms with Gasteiger partial charge in [0.25, 0.3) is 0 Å². The number of aliphatic hydroxyl groups excluding tert-OH is 1. The monoisotopic (exact) mass is 274 g/mol.